The Labute approximate surface area is 139 Å². The van der Waals surface area contributed by atoms with E-state index in [1.54, 1.807) is 30.5 Å². The van der Waals surface area contributed by atoms with Crippen LogP contribution < -0.4 is 10.6 Å². The third kappa shape index (κ3) is 3.76. The summed E-state index contributed by atoms with van der Waals surface area (Å²) in [6, 6.07) is 16.9. The molecule has 3 aromatic rings. The van der Waals surface area contributed by atoms with Crippen LogP contribution in [0.15, 0.2) is 66.9 Å². The maximum atomic E-state index is 12.9. The van der Waals surface area contributed by atoms with Gasteiger partial charge in [-0.15, -0.1) is 0 Å². The minimum atomic E-state index is -0.298. The van der Waals surface area contributed by atoms with Gasteiger partial charge in [-0.3, -0.25) is 9.78 Å². The molecule has 2 N–H and O–H groups in total. The Bertz CT molecular complexity index is 862. The lowest BCUT2D eigenvalue weighted by atomic mass is 10.2. The number of carbonyl (C=O) groups excluding carboxylic acids is 1. The molecule has 1 aromatic heterocycles. The van der Waals surface area contributed by atoms with Crippen molar-refractivity contribution >= 4 is 23.0 Å². The van der Waals surface area contributed by atoms with Gasteiger partial charge in [0, 0.05) is 23.3 Å². The Kier molecular flexibility index (Phi) is 4.52. The molecule has 0 unspecified atom stereocenters. The van der Waals surface area contributed by atoms with Gasteiger partial charge >= 0.3 is 0 Å². The van der Waals surface area contributed by atoms with E-state index in [0.717, 1.165) is 16.9 Å². The molecule has 0 atom stereocenters. The van der Waals surface area contributed by atoms with Crippen molar-refractivity contribution in [1.29, 1.82) is 0 Å². The normalized spacial score (nSPS) is 10.2. The Balaban J connectivity index is 1.76. The number of carbonyl (C=O) groups is 1. The van der Waals surface area contributed by atoms with Crippen molar-refractivity contribution < 1.29 is 9.18 Å². The SMILES string of the molecule is Cc1ccccc1NC(=O)c1cc(Nc2ccc(F)cc2)ccn1. The number of amides is 1. The lowest BCUT2D eigenvalue weighted by Gasteiger charge is -2.10. The number of pyridine rings is 1. The van der Waals surface area contributed by atoms with E-state index < -0.39 is 0 Å². The molecule has 0 bridgehead atoms. The summed E-state index contributed by atoms with van der Waals surface area (Å²) in [6.45, 7) is 1.93. The molecule has 5 heteroatoms. The Morgan fingerprint density at radius 3 is 2.50 bits per heavy atom. The summed E-state index contributed by atoms with van der Waals surface area (Å²) in [5.74, 6) is -0.583. The van der Waals surface area contributed by atoms with E-state index in [2.05, 4.69) is 15.6 Å². The third-order valence-corrected chi connectivity index (χ3v) is 3.52. The van der Waals surface area contributed by atoms with Gasteiger partial charge < -0.3 is 10.6 Å². The van der Waals surface area contributed by atoms with Crippen molar-refractivity contribution in [2.45, 2.75) is 6.92 Å². The molecule has 0 aliphatic carbocycles. The Hall–Kier alpha value is -3.21. The van der Waals surface area contributed by atoms with Crippen LogP contribution in [0.3, 0.4) is 0 Å². The highest BCUT2D eigenvalue weighted by Crippen LogP contribution is 2.18. The molecule has 0 aliphatic rings. The summed E-state index contributed by atoms with van der Waals surface area (Å²) < 4.78 is 12.9. The molecule has 0 spiro atoms. The standard InChI is InChI=1S/C19H16FN3O/c1-13-4-2-3-5-17(13)23-19(24)18-12-16(10-11-21-18)22-15-8-6-14(20)7-9-15/h2-12H,1H3,(H,21,22)(H,23,24). The predicted octanol–water partition coefficient (Wildman–Crippen LogP) is 4.53. The average Bonchev–Trinajstić information content (AvgIpc) is 2.59. The number of nitrogens with zero attached hydrogens (tertiary/aromatic N) is 1. The smallest absolute Gasteiger partial charge is 0.274 e. The molecule has 24 heavy (non-hydrogen) atoms. The zero-order chi connectivity index (χ0) is 16.9. The third-order valence-electron chi connectivity index (χ3n) is 3.52. The lowest BCUT2D eigenvalue weighted by Crippen LogP contribution is -2.14. The van der Waals surface area contributed by atoms with Crippen LogP contribution in [0.2, 0.25) is 0 Å². The number of halogens is 1. The van der Waals surface area contributed by atoms with E-state index in [-0.39, 0.29) is 11.7 Å². The van der Waals surface area contributed by atoms with Gasteiger partial charge in [0.1, 0.15) is 11.5 Å². The van der Waals surface area contributed by atoms with E-state index in [0.29, 0.717) is 11.4 Å². The molecule has 120 valence electrons. The topological polar surface area (TPSA) is 54.0 Å². The van der Waals surface area contributed by atoms with Gasteiger partial charge in [0.05, 0.1) is 0 Å². The predicted molar refractivity (Wildman–Crippen MR) is 93.1 cm³/mol. The first-order valence-corrected chi connectivity index (χ1v) is 7.47. The van der Waals surface area contributed by atoms with Crippen molar-refractivity contribution in [2.24, 2.45) is 0 Å². The molecule has 2 aromatic carbocycles. The van der Waals surface area contributed by atoms with Gasteiger partial charge in [0.25, 0.3) is 5.91 Å². The molecule has 0 aliphatic heterocycles. The van der Waals surface area contributed by atoms with Crippen LogP contribution in [0, 0.1) is 12.7 Å². The monoisotopic (exact) mass is 321 g/mol. The number of rotatable bonds is 4. The van der Waals surface area contributed by atoms with Crippen molar-refractivity contribution in [2.75, 3.05) is 10.6 Å². The van der Waals surface area contributed by atoms with Crippen molar-refractivity contribution in [1.82, 2.24) is 4.98 Å². The number of nitrogens with one attached hydrogen (secondary N) is 2. The number of hydrogen-bond acceptors (Lipinski definition) is 3. The number of aryl methyl sites for hydroxylation is 1. The summed E-state index contributed by atoms with van der Waals surface area (Å²) in [5.41, 5.74) is 3.46. The Morgan fingerprint density at radius 1 is 1.00 bits per heavy atom. The summed E-state index contributed by atoms with van der Waals surface area (Å²) in [4.78, 5) is 16.5. The van der Waals surface area contributed by atoms with Gasteiger partial charge in [-0.05, 0) is 55.0 Å². The minimum Gasteiger partial charge on any atom is -0.355 e. The van der Waals surface area contributed by atoms with Gasteiger partial charge in [-0.1, -0.05) is 18.2 Å². The summed E-state index contributed by atoms with van der Waals surface area (Å²) >= 11 is 0. The fraction of sp³-hybridized carbons (Fsp3) is 0.0526. The van der Waals surface area contributed by atoms with Crippen LogP contribution in [-0.2, 0) is 0 Å². The number of aromatic nitrogens is 1. The molecule has 0 radical (unpaired) electrons. The van der Waals surface area contributed by atoms with Crippen LogP contribution in [0.1, 0.15) is 16.1 Å². The molecule has 1 heterocycles. The molecule has 1 amide bonds. The van der Waals surface area contributed by atoms with Crippen LogP contribution in [0.25, 0.3) is 0 Å². The molecular weight excluding hydrogens is 305 g/mol. The molecule has 0 fully saturated rings. The van der Waals surface area contributed by atoms with Crippen molar-refractivity contribution in [3.63, 3.8) is 0 Å². The average molecular weight is 321 g/mol. The number of benzene rings is 2. The number of para-hydroxylation sites is 1. The zero-order valence-corrected chi connectivity index (χ0v) is 13.1. The van der Waals surface area contributed by atoms with Gasteiger partial charge in [0.2, 0.25) is 0 Å². The second-order valence-electron chi connectivity index (χ2n) is 5.33. The summed E-state index contributed by atoms with van der Waals surface area (Å²) in [5, 5.41) is 5.96. The second-order valence-corrected chi connectivity index (χ2v) is 5.33. The van der Waals surface area contributed by atoms with Crippen LogP contribution in [0.4, 0.5) is 21.5 Å². The number of hydrogen-bond donors (Lipinski definition) is 2. The largest absolute Gasteiger partial charge is 0.355 e. The Morgan fingerprint density at radius 2 is 1.75 bits per heavy atom. The highest BCUT2D eigenvalue weighted by molar-refractivity contribution is 6.03. The van der Waals surface area contributed by atoms with E-state index in [9.17, 15) is 9.18 Å². The fourth-order valence-corrected chi connectivity index (χ4v) is 2.23. The van der Waals surface area contributed by atoms with Gasteiger partial charge in [-0.2, -0.15) is 0 Å². The molecule has 4 nitrogen and oxygen atoms in total. The van der Waals surface area contributed by atoms with E-state index in [4.69, 9.17) is 0 Å². The first-order valence-electron chi connectivity index (χ1n) is 7.47. The van der Waals surface area contributed by atoms with Gasteiger partial charge in [-0.25, -0.2) is 4.39 Å². The summed E-state index contributed by atoms with van der Waals surface area (Å²) in [6.07, 6.45) is 1.55. The molecular formula is C19H16FN3O. The van der Waals surface area contributed by atoms with Crippen molar-refractivity contribution in [3.8, 4) is 0 Å². The summed E-state index contributed by atoms with van der Waals surface area (Å²) in [7, 11) is 0. The van der Waals surface area contributed by atoms with E-state index in [1.807, 2.05) is 31.2 Å². The number of anilines is 3. The van der Waals surface area contributed by atoms with Crippen LogP contribution >= 0.6 is 0 Å². The van der Waals surface area contributed by atoms with Crippen LogP contribution in [0.5, 0.6) is 0 Å². The zero-order valence-electron chi connectivity index (χ0n) is 13.1. The lowest BCUT2D eigenvalue weighted by molar-refractivity contribution is 0.102. The minimum absolute atomic E-state index is 0.285. The highest BCUT2D eigenvalue weighted by atomic mass is 19.1. The maximum Gasteiger partial charge on any atom is 0.274 e. The first-order chi connectivity index (χ1) is 11.6. The highest BCUT2D eigenvalue weighted by Gasteiger charge is 2.09. The van der Waals surface area contributed by atoms with Crippen LogP contribution in [-0.4, -0.2) is 10.9 Å². The molecule has 3 rings (SSSR count). The van der Waals surface area contributed by atoms with Gasteiger partial charge in [0.15, 0.2) is 0 Å². The quantitative estimate of drug-likeness (QED) is 0.742. The molecule has 0 saturated carbocycles. The fourth-order valence-electron chi connectivity index (χ4n) is 2.23. The maximum absolute atomic E-state index is 12.9. The second kappa shape index (κ2) is 6.91. The molecule has 0 saturated heterocycles. The van der Waals surface area contributed by atoms with E-state index >= 15 is 0 Å². The van der Waals surface area contributed by atoms with E-state index in [1.165, 1.54) is 12.1 Å². The van der Waals surface area contributed by atoms with Crippen molar-refractivity contribution in [3.05, 3.63) is 83.9 Å². The first kappa shape index (κ1) is 15.7.